The Bertz CT molecular complexity index is 251. The molecule has 0 amide bonds. The van der Waals surface area contributed by atoms with Crippen LogP contribution in [0.2, 0.25) is 0 Å². The monoisotopic (exact) mass is 196 g/mol. The van der Waals surface area contributed by atoms with Crippen LogP contribution in [0.15, 0.2) is 11.6 Å². The number of aliphatic carboxylic acids is 1. The fourth-order valence-electron chi connectivity index (χ4n) is 2.11. The van der Waals surface area contributed by atoms with Crippen molar-refractivity contribution < 1.29 is 9.90 Å². The molecule has 2 nitrogen and oxygen atoms in total. The normalized spacial score (nSPS) is 28.2. The smallest absolute Gasteiger partial charge is 0.303 e. The minimum absolute atomic E-state index is 0.258. The van der Waals surface area contributed by atoms with Gasteiger partial charge in [-0.1, -0.05) is 32.4 Å². The third-order valence-corrected chi connectivity index (χ3v) is 3.66. The fraction of sp³-hybridized carbons (Fsp3) is 0.750. The van der Waals surface area contributed by atoms with Crippen LogP contribution in [0.25, 0.3) is 0 Å². The van der Waals surface area contributed by atoms with Gasteiger partial charge in [-0.2, -0.15) is 0 Å². The molecule has 0 radical (unpaired) electrons. The van der Waals surface area contributed by atoms with E-state index in [1.807, 2.05) is 0 Å². The van der Waals surface area contributed by atoms with E-state index in [9.17, 15) is 4.79 Å². The Morgan fingerprint density at radius 3 is 2.71 bits per heavy atom. The second-order valence-corrected chi connectivity index (χ2v) is 4.82. The summed E-state index contributed by atoms with van der Waals surface area (Å²) < 4.78 is 0. The van der Waals surface area contributed by atoms with Crippen molar-refractivity contribution in [3.63, 3.8) is 0 Å². The second kappa shape index (κ2) is 4.16. The van der Waals surface area contributed by atoms with Crippen molar-refractivity contribution >= 4 is 5.97 Å². The number of allylic oxidation sites excluding steroid dienone is 2. The molecule has 0 aromatic heterocycles. The van der Waals surface area contributed by atoms with E-state index in [4.69, 9.17) is 5.11 Å². The van der Waals surface area contributed by atoms with Gasteiger partial charge in [-0.3, -0.25) is 4.79 Å². The van der Waals surface area contributed by atoms with Crippen LogP contribution < -0.4 is 0 Å². The largest absolute Gasteiger partial charge is 0.481 e. The third-order valence-electron chi connectivity index (χ3n) is 3.66. The average Bonchev–Trinajstić information content (AvgIpc) is 2.30. The Balaban J connectivity index is 2.56. The van der Waals surface area contributed by atoms with Gasteiger partial charge in [0.15, 0.2) is 0 Å². The first kappa shape index (κ1) is 11.3. The number of carboxylic acid groups (broad SMARTS) is 1. The standard InChI is InChI=1S/C12H20O2/c1-9-7-8-10(12(9,2)3)5-4-6-11(13)14/h5,9H,4,6-8H2,1-3H3,(H,13,14)/b10-5+. The predicted molar refractivity (Wildman–Crippen MR) is 57.1 cm³/mol. The van der Waals surface area contributed by atoms with Gasteiger partial charge in [0.25, 0.3) is 0 Å². The topological polar surface area (TPSA) is 37.3 Å². The van der Waals surface area contributed by atoms with E-state index in [0.29, 0.717) is 6.42 Å². The molecule has 0 spiro atoms. The van der Waals surface area contributed by atoms with Crippen molar-refractivity contribution in [3.05, 3.63) is 11.6 Å². The molecule has 1 aliphatic carbocycles. The van der Waals surface area contributed by atoms with Crippen LogP contribution in [0, 0.1) is 11.3 Å². The van der Waals surface area contributed by atoms with Crippen LogP contribution in [-0.2, 0) is 4.79 Å². The van der Waals surface area contributed by atoms with Gasteiger partial charge in [0.2, 0.25) is 0 Å². The molecule has 0 aliphatic heterocycles. The van der Waals surface area contributed by atoms with Crippen LogP contribution in [0.3, 0.4) is 0 Å². The van der Waals surface area contributed by atoms with Gasteiger partial charge in [0, 0.05) is 6.42 Å². The summed E-state index contributed by atoms with van der Waals surface area (Å²) in [6.45, 7) is 6.80. The van der Waals surface area contributed by atoms with Gasteiger partial charge >= 0.3 is 5.97 Å². The minimum atomic E-state index is -0.703. The molecule has 14 heavy (non-hydrogen) atoms. The third kappa shape index (κ3) is 2.37. The number of rotatable bonds is 3. The van der Waals surface area contributed by atoms with E-state index >= 15 is 0 Å². The number of hydrogen-bond acceptors (Lipinski definition) is 1. The average molecular weight is 196 g/mol. The van der Waals surface area contributed by atoms with Crippen molar-refractivity contribution in [2.45, 2.75) is 46.5 Å². The van der Waals surface area contributed by atoms with Gasteiger partial charge in [-0.15, -0.1) is 0 Å². The number of carbonyl (C=O) groups is 1. The van der Waals surface area contributed by atoms with Gasteiger partial charge in [-0.25, -0.2) is 0 Å². The van der Waals surface area contributed by atoms with E-state index < -0.39 is 5.97 Å². The molecule has 2 heteroatoms. The van der Waals surface area contributed by atoms with Crippen LogP contribution >= 0.6 is 0 Å². The van der Waals surface area contributed by atoms with Gasteiger partial charge in [0.05, 0.1) is 0 Å². The summed E-state index contributed by atoms with van der Waals surface area (Å²) in [4.78, 5) is 10.4. The molecule has 1 rings (SSSR count). The zero-order valence-electron chi connectivity index (χ0n) is 9.34. The summed E-state index contributed by atoms with van der Waals surface area (Å²) >= 11 is 0. The van der Waals surface area contributed by atoms with E-state index in [1.165, 1.54) is 12.0 Å². The maximum Gasteiger partial charge on any atom is 0.303 e. The maximum atomic E-state index is 10.4. The first-order chi connectivity index (χ1) is 6.44. The van der Waals surface area contributed by atoms with Crippen LogP contribution in [0.5, 0.6) is 0 Å². The Labute approximate surface area is 86.0 Å². The molecule has 0 saturated heterocycles. The quantitative estimate of drug-likeness (QED) is 0.703. The van der Waals surface area contributed by atoms with Crippen molar-refractivity contribution in [1.82, 2.24) is 0 Å². The fourth-order valence-corrected chi connectivity index (χ4v) is 2.11. The molecule has 0 aromatic rings. The highest BCUT2D eigenvalue weighted by atomic mass is 16.4. The molecule has 1 atom stereocenters. The van der Waals surface area contributed by atoms with Crippen LogP contribution in [0.1, 0.15) is 46.5 Å². The highest BCUT2D eigenvalue weighted by Gasteiger charge is 2.35. The molecule has 0 heterocycles. The first-order valence-corrected chi connectivity index (χ1v) is 5.36. The molecule has 1 fully saturated rings. The van der Waals surface area contributed by atoms with Crippen molar-refractivity contribution in [3.8, 4) is 0 Å². The Kier molecular flexibility index (Phi) is 3.35. The predicted octanol–water partition coefficient (Wildman–Crippen LogP) is 3.23. The van der Waals surface area contributed by atoms with Crippen molar-refractivity contribution in [2.24, 2.45) is 11.3 Å². The minimum Gasteiger partial charge on any atom is -0.481 e. The Morgan fingerprint density at radius 2 is 2.29 bits per heavy atom. The zero-order chi connectivity index (χ0) is 10.8. The van der Waals surface area contributed by atoms with Crippen LogP contribution in [-0.4, -0.2) is 11.1 Å². The van der Waals surface area contributed by atoms with E-state index in [0.717, 1.165) is 12.3 Å². The lowest BCUT2D eigenvalue weighted by Crippen LogP contribution is -2.16. The molecule has 0 bridgehead atoms. The number of hydrogen-bond donors (Lipinski definition) is 1. The van der Waals surface area contributed by atoms with Gasteiger partial charge in [-0.05, 0) is 30.6 Å². The summed E-state index contributed by atoms with van der Waals surface area (Å²) in [6.07, 6.45) is 5.46. The maximum absolute atomic E-state index is 10.4. The van der Waals surface area contributed by atoms with E-state index in [1.54, 1.807) is 0 Å². The highest BCUT2D eigenvalue weighted by molar-refractivity contribution is 5.66. The summed E-state index contributed by atoms with van der Waals surface area (Å²) in [6, 6.07) is 0. The second-order valence-electron chi connectivity index (χ2n) is 4.82. The Morgan fingerprint density at radius 1 is 1.64 bits per heavy atom. The van der Waals surface area contributed by atoms with Crippen molar-refractivity contribution in [2.75, 3.05) is 0 Å². The summed E-state index contributed by atoms with van der Waals surface area (Å²) in [5.74, 6) is 0.0179. The lowest BCUT2D eigenvalue weighted by Gasteiger charge is -2.25. The lowest BCUT2D eigenvalue weighted by molar-refractivity contribution is -0.136. The molecule has 1 aliphatic rings. The first-order valence-electron chi connectivity index (χ1n) is 5.36. The molecule has 80 valence electrons. The summed E-state index contributed by atoms with van der Waals surface area (Å²) in [5.41, 5.74) is 1.73. The number of carboxylic acids is 1. The Hall–Kier alpha value is -0.790. The highest BCUT2D eigenvalue weighted by Crippen LogP contribution is 2.46. The molecule has 1 N–H and O–H groups in total. The summed E-state index contributed by atoms with van der Waals surface area (Å²) in [5, 5.41) is 8.54. The van der Waals surface area contributed by atoms with Crippen LogP contribution in [0.4, 0.5) is 0 Å². The summed E-state index contributed by atoms with van der Waals surface area (Å²) in [7, 11) is 0. The molecular formula is C12H20O2. The molecule has 1 saturated carbocycles. The lowest BCUT2D eigenvalue weighted by atomic mass is 9.79. The van der Waals surface area contributed by atoms with Crippen molar-refractivity contribution in [1.29, 1.82) is 0 Å². The zero-order valence-corrected chi connectivity index (χ0v) is 9.34. The molecule has 1 unspecified atom stereocenters. The SMILES string of the molecule is CC1CC/C(=C\CCC(=O)O)C1(C)C. The van der Waals surface area contributed by atoms with E-state index in [2.05, 4.69) is 26.8 Å². The molecule has 0 aromatic carbocycles. The van der Waals surface area contributed by atoms with E-state index in [-0.39, 0.29) is 11.8 Å². The van der Waals surface area contributed by atoms with Gasteiger partial charge < -0.3 is 5.11 Å². The molecular weight excluding hydrogens is 176 g/mol. The van der Waals surface area contributed by atoms with Gasteiger partial charge in [0.1, 0.15) is 0 Å².